The number of ether oxygens (including phenoxy) is 2. The van der Waals surface area contributed by atoms with Crippen molar-refractivity contribution in [3.8, 4) is 5.75 Å². The van der Waals surface area contributed by atoms with Gasteiger partial charge in [-0.3, -0.25) is 9.59 Å². The van der Waals surface area contributed by atoms with Crippen LogP contribution in [0.1, 0.15) is 18.4 Å². The molecule has 0 aromatic heterocycles. The third-order valence-electron chi connectivity index (χ3n) is 5.63. The first-order valence-electron chi connectivity index (χ1n) is 10.9. The first-order chi connectivity index (χ1) is 15.8. The Morgan fingerprint density at radius 1 is 1.12 bits per heavy atom. The predicted octanol–water partition coefficient (Wildman–Crippen LogP) is 2.16. The SMILES string of the molecule is Cc1ccc(NC(=O)COc2cccc(N3CCCC3=O)c2)cc1S(=O)(=O)N1CCOCC1. The Bertz CT molecular complexity index is 1140. The van der Waals surface area contributed by atoms with Crippen molar-refractivity contribution in [3.63, 3.8) is 0 Å². The van der Waals surface area contributed by atoms with Gasteiger partial charge in [0.05, 0.1) is 18.1 Å². The summed E-state index contributed by atoms with van der Waals surface area (Å²) in [4.78, 5) is 26.3. The van der Waals surface area contributed by atoms with Crippen LogP contribution in [0, 0.1) is 6.92 Å². The number of hydrogen-bond donors (Lipinski definition) is 1. The van der Waals surface area contributed by atoms with E-state index < -0.39 is 15.9 Å². The number of carbonyl (C=O) groups excluding carboxylic acids is 2. The van der Waals surface area contributed by atoms with Crippen LogP contribution in [-0.2, 0) is 24.3 Å². The Kier molecular flexibility index (Phi) is 6.96. The van der Waals surface area contributed by atoms with Crippen LogP contribution in [0.15, 0.2) is 47.4 Å². The van der Waals surface area contributed by atoms with Gasteiger partial charge in [0.25, 0.3) is 5.91 Å². The van der Waals surface area contributed by atoms with Gasteiger partial charge in [0.1, 0.15) is 5.75 Å². The van der Waals surface area contributed by atoms with Gasteiger partial charge in [-0.2, -0.15) is 4.31 Å². The minimum atomic E-state index is -3.69. The fourth-order valence-corrected chi connectivity index (χ4v) is 5.55. The smallest absolute Gasteiger partial charge is 0.262 e. The number of nitrogens with zero attached hydrogens (tertiary/aromatic N) is 2. The van der Waals surface area contributed by atoms with Gasteiger partial charge in [0, 0.05) is 43.5 Å². The van der Waals surface area contributed by atoms with Gasteiger partial charge in [-0.15, -0.1) is 0 Å². The summed E-state index contributed by atoms with van der Waals surface area (Å²) in [6.07, 6.45) is 1.36. The molecular formula is C23H27N3O6S. The third-order valence-corrected chi connectivity index (χ3v) is 7.67. The Morgan fingerprint density at radius 2 is 1.91 bits per heavy atom. The zero-order valence-electron chi connectivity index (χ0n) is 18.5. The summed E-state index contributed by atoms with van der Waals surface area (Å²) >= 11 is 0. The fourth-order valence-electron chi connectivity index (χ4n) is 3.89. The minimum absolute atomic E-state index is 0.0760. The summed E-state index contributed by atoms with van der Waals surface area (Å²) in [5, 5.41) is 2.70. The highest BCUT2D eigenvalue weighted by Gasteiger charge is 2.28. The molecule has 33 heavy (non-hydrogen) atoms. The summed E-state index contributed by atoms with van der Waals surface area (Å²) in [5.74, 6) is 0.130. The van der Waals surface area contributed by atoms with E-state index in [1.54, 1.807) is 42.2 Å². The van der Waals surface area contributed by atoms with E-state index in [1.165, 1.54) is 10.4 Å². The molecule has 0 spiro atoms. The van der Waals surface area contributed by atoms with E-state index in [1.807, 2.05) is 6.07 Å². The molecule has 1 N–H and O–H groups in total. The molecule has 2 aromatic carbocycles. The normalized spacial score (nSPS) is 17.2. The van der Waals surface area contributed by atoms with Crippen molar-refractivity contribution in [2.75, 3.05) is 49.7 Å². The predicted molar refractivity (Wildman–Crippen MR) is 123 cm³/mol. The second-order valence-corrected chi connectivity index (χ2v) is 9.89. The lowest BCUT2D eigenvalue weighted by Crippen LogP contribution is -2.40. The lowest BCUT2D eigenvalue weighted by atomic mass is 10.2. The second-order valence-electron chi connectivity index (χ2n) is 7.98. The van der Waals surface area contributed by atoms with E-state index in [-0.39, 0.29) is 17.4 Å². The summed E-state index contributed by atoms with van der Waals surface area (Å²) in [6, 6.07) is 11.9. The van der Waals surface area contributed by atoms with E-state index >= 15 is 0 Å². The Morgan fingerprint density at radius 3 is 2.64 bits per heavy atom. The van der Waals surface area contributed by atoms with Crippen LogP contribution in [0.3, 0.4) is 0 Å². The third kappa shape index (κ3) is 5.35. The average Bonchev–Trinajstić information content (AvgIpc) is 3.25. The van der Waals surface area contributed by atoms with Crippen LogP contribution in [0.25, 0.3) is 0 Å². The van der Waals surface area contributed by atoms with Crippen molar-refractivity contribution in [2.45, 2.75) is 24.7 Å². The van der Waals surface area contributed by atoms with Crippen molar-refractivity contribution in [3.05, 3.63) is 48.0 Å². The van der Waals surface area contributed by atoms with Gasteiger partial charge in [-0.05, 0) is 43.2 Å². The largest absolute Gasteiger partial charge is 0.484 e. The van der Waals surface area contributed by atoms with Crippen molar-refractivity contribution in [1.29, 1.82) is 0 Å². The fraction of sp³-hybridized carbons (Fsp3) is 0.391. The number of amides is 2. The molecule has 9 nitrogen and oxygen atoms in total. The van der Waals surface area contributed by atoms with Gasteiger partial charge in [0.2, 0.25) is 15.9 Å². The highest BCUT2D eigenvalue weighted by atomic mass is 32.2. The van der Waals surface area contributed by atoms with Gasteiger partial charge < -0.3 is 19.7 Å². The van der Waals surface area contributed by atoms with Crippen LogP contribution in [0.2, 0.25) is 0 Å². The van der Waals surface area contributed by atoms with Crippen LogP contribution < -0.4 is 15.0 Å². The summed E-state index contributed by atoms with van der Waals surface area (Å²) < 4.78 is 38.3. The molecule has 2 fully saturated rings. The molecule has 4 rings (SSSR count). The van der Waals surface area contributed by atoms with Crippen LogP contribution in [0.5, 0.6) is 5.75 Å². The molecule has 2 amide bonds. The molecule has 0 saturated carbocycles. The maximum atomic E-state index is 13.0. The lowest BCUT2D eigenvalue weighted by molar-refractivity contribution is -0.118. The number of hydrogen-bond acceptors (Lipinski definition) is 6. The number of aryl methyl sites for hydroxylation is 1. The maximum absolute atomic E-state index is 13.0. The first-order valence-corrected chi connectivity index (χ1v) is 12.3. The molecule has 2 heterocycles. The van der Waals surface area contributed by atoms with Crippen LogP contribution >= 0.6 is 0 Å². The number of nitrogens with one attached hydrogen (secondary N) is 1. The number of carbonyl (C=O) groups is 2. The van der Waals surface area contributed by atoms with E-state index in [4.69, 9.17) is 9.47 Å². The van der Waals surface area contributed by atoms with E-state index in [0.717, 1.165) is 12.1 Å². The summed E-state index contributed by atoms with van der Waals surface area (Å²) in [7, 11) is -3.69. The van der Waals surface area contributed by atoms with Gasteiger partial charge in [-0.25, -0.2) is 8.42 Å². The van der Waals surface area contributed by atoms with Crippen LogP contribution in [0.4, 0.5) is 11.4 Å². The molecule has 0 unspecified atom stereocenters. The van der Waals surface area contributed by atoms with E-state index in [2.05, 4.69) is 5.32 Å². The van der Waals surface area contributed by atoms with Crippen LogP contribution in [-0.4, -0.2) is 64.0 Å². The maximum Gasteiger partial charge on any atom is 0.262 e. The number of sulfonamides is 1. The molecule has 0 aliphatic carbocycles. The average molecular weight is 474 g/mol. The number of morpholine rings is 1. The Labute approximate surface area is 193 Å². The molecule has 0 atom stereocenters. The zero-order chi connectivity index (χ0) is 23.4. The standard InChI is InChI=1S/C23H27N3O6S/c1-17-7-8-18(14-21(17)33(29,30)25-10-12-31-13-11-25)24-22(27)16-32-20-5-2-4-19(15-20)26-9-3-6-23(26)28/h2,4-5,7-8,14-15H,3,6,9-13,16H2,1H3,(H,24,27). The molecule has 10 heteroatoms. The van der Waals surface area contributed by atoms with Gasteiger partial charge in [-0.1, -0.05) is 12.1 Å². The molecule has 0 radical (unpaired) electrons. The van der Waals surface area contributed by atoms with Crippen molar-refractivity contribution < 1.29 is 27.5 Å². The molecule has 0 bridgehead atoms. The second kappa shape index (κ2) is 9.90. The number of rotatable bonds is 7. The number of anilines is 2. The molecule has 176 valence electrons. The highest BCUT2D eigenvalue weighted by molar-refractivity contribution is 7.89. The highest BCUT2D eigenvalue weighted by Crippen LogP contribution is 2.26. The van der Waals surface area contributed by atoms with Crippen molar-refractivity contribution in [1.82, 2.24) is 4.31 Å². The summed E-state index contributed by atoms with van der Waals surface area (Å²) in [5.41, 5.74) is 1.72. The molecule has 2 aliphatic heterocycles. The molecule has 2 aliphatic rings. The van der Waals surface area contributed by atoms with Crippen molar-refractivity contribution >= 4 is 33.2 Å². The lowest BCUT2D eigenvalue weighted by Gasteiger charge is -2.26. The molecule has 2 saturated heterocycles. The number of benzene rings is 2. The van der Waals surface area contributed by atoms with Crippen molar-refractivity contribution in [2.24, 2.45) is 0 Å². The van der Waals surface area contributed by atoms with E-state index in [9.17, 15) is 18.0 Å². The molecule has 2 aromatic rings. The summed E-state index contributed by atoms with van der Waals surface area (Å²) in [6.45, 7) is 3.46. The topological polar surface area (TPSA) is 105 Å². The molecular weight excluding hydrogens is 446 g/mol. The zero-order valence-corrected chi connectivity index (χ0v) is 19.3. The quantitative estimate of drug-likeness (QED) is 0.661. The Balaban J connectivity index is 1.40. The monoisotopic (exact) mass is 473 g/mol. The minimum Gasteiger partial charge on any atom is -0.484 e. The van der Waals surface area contributed by atoms with Gasteiger partial charge in [0.15, 0.2) is 6.61 Å². The Hall–Kier alpha value is -2.95. The van der Waals surface area contributed by atoms with E-state index in [0.29, 0.717) is 56.3 Å². The first kappa shape index (κ1) is 23.2. The van der Waals surface area contributed by atoms with Gasteiger partial charge >= 0.3 is 0 Å².